The van der Waals surface area contributed by atoms with Gasteiger partial charge in [-0.25, -0.2) is 18.7 Å². The molecule has 2 aliphatic rings. The van der Waals surface area contributed by atoms with Crippen molar-refractivity contribution in [3.8, 4) is 29.0 Å². The van der Waals surface area contributed by atoms with Crippen molar-refractivity contribution >= 4 is 17.5 Å². The van der Waals surface area contributed by atoms with Gasteiger partial charge in [0.1, 0.15) is 48.9 Å². The molecule has 0 radical (unpaired) electrons. The van der Waals surface area contributed by atoms with Crippen molar-refractivity contribution in [2.45, 2.75) is 43.7 Å². The van der Waals surface area contributed by atoms with Crippen LogP contribution in [-0.2, 0) is 4.79 Å². The molecule has 0 saturated carbocycles. The first-order valence-corrected chi connectivity index (χ1v) is 14.1. The first kappa shape index (κ1) is 30.1. The Morgan fingerprint density at radius 2 is 1.91 bits per heavy atom. The van der Waals surface area contributed by atoms with Crippen molar-refractivity contribution < 1.29 is 28.2 Å². The van der Waals surface area contributed by atoms with Crippen LogP contribution in [0.15, 0.2) is 48.8 Å². The fourth-order valence-electron chi connectivity index (χ4n) is 5.09. The smallest absolute Gasteiger partial charge is 0.254 e. The summed E-state index contributed by atoms with van der Waals surface area (Å²) < 4.78 is 38.9. The number of nitrogens with zero attached hydrogens (tertiary/aromatic N) is 6. The zero-order valence-corrected chi connectivity index (χ0v) is 23.7. The van der Waals surface area contributed by atoms with E-state index in [2.05, 4.69) is 26.3 Å². The number of amides is 1. The average Bonchev–Trinajstić information content (AvgIpc) is 3.03. The van der Waals surface area contributed by atoms with Gasteiger partial charge in [-0.3, -0.25) is 4.79 Å². The second-order valence-electron chi connectivity index (χ2n) is 10.6. The van der Waals surface area contributed by atoms with Crippen molar-refractivity contribution in [3.05, 3.63) is 54.4 Å². The van der Waals surface area contributed by atoms with E-state index in [1.165, 1.54) is 11.2 Å². The molecule has 11 nitrogen and oxygen atoms in total. The minimum absolute atomic E-state index is 0.239. The number of alkyl halides is 2. The number of carbonyl (C=O) groups excluding carboxylic acids is 1. The van der Waals surface area contributed by atoms with Crippen molar-refractivity contribution in [1.29, 1.82) is 5.26 Å². The van der Waals surface area contributed by atoms with Crippen LogP contribution in [0.5, 0.6) is 11.5 Å². The number of nitrogens with one attached hydrogen (secondary N) is 1. The number of anilines is 2. The summed E-state index contributed by atoms with van der Waals surface area (Å²) >= 11 is 0. The van der Waals surface area contributed by atoms with E-state index in [9.17, 15) is 23.9 Å². The van der Waals surface area contributed by atoms with Crippen molar-refractivity contribution in [2.75, 3.05) is 45.2 Å². The van der Waals surface area contributed by atoms with Crippen LogP contribution in [0, 0.1) is 11.3 Å². The van der Waals surface area contributed by atoms with Gasteiger partial charge in [0.25, 0.3) is 5.91 Å². The number of aliphatic hydroxyl groups excluding tert-OH is 1. The number of likely N-dealkylation sites (tertiary alicyclic amines) is 2. The summed E-state index contributed by atoms with van der Waals surface area (Å²) in [6, 6.07) is 14.3. The maximum Gasteiger partial charge on any atom is 0.254 e. The van der Waals surface area contributed by atoms with Crippen LogP contribution in [-0.4, -0.2) is 100 Å². The summed E-state index contributed by atoms with van der Waals surface area (Å²) in [5.41, 5.74) is 1.60. The Balaban J connectivity index is 1.19. The molecule has 1 amide bonds. The van der Waals surface area contributed by atoms with Crippen molar-refractivity contribution in [3.63, 3.8) is 0 Å². The van der Waals surface area contributed by atoms with E-state index in [1.54, 1.807) is 42.5 Å². The van der Waals surface area contributed by atoms with Gasteiger partial charge in [-0.05, 0) is 55.9 Å². The molecule has 226 valence electrons. The SMILES string of the molecule is CN1CC[C@H](Oc2ccc(Nc3ncnc(-c4ccc(OC5CCN(C(=O)[C@H](O)CF)CC5)c(C#N)c4)n3)cc2)[C@H](F)C1. The van der Waals surface area contributed by atoms with Gasteiger partial charge in [0.2, 0.25) is 5.95 Å². The minimum Gasteiger partial charge on any atom is -0.489 e. The highest BCUT2D eigenvalue weighted by Gasteiger charge is 2.30. The molecule has 5 rings (SSSR count). The molecule has 0 bridgehead atoms. The minimum atomic E-state index is -1.64. The fraction of sp³-hybridized carbons (Fsp3) is 0.433. The van der Waals surface area contributed by atoms with Crippen LogP contribution in [0.1, 0.15) is 24.8 Å². The zero-order chi connectivity index (χ0) is 30.3. The molecule has 2 fully saturated rings. The number of nitriles is 1. The summed E-state index contributed by atoms with van der Waals surface area (Å²) in [7, 11) is 1.90. The van der Waals surface area contributed by atoms with Gasteiger partial charge < -0.3 is 29.7 Å². The molecule has 3 aromatic rings. The molecular formula is C30H33F2N7O4. The Hall–Kier alpha value is -4.41. The molecule has 0 spiro atoms. The Morgan fingerprint density at radius 1 is 1.14 bits per heavy atom. The van der Waals surface area contributed by atoms with Crippen LogP contribution in [0.4, 0.5) is 20.4 Å². The zero-order valence-electron chi connectivity index (χ0n) is 23.7. The van der Waals surface area contributed by atoms with E-state index >= 15 is 0 Å². The third kappa shape index (κ3) is 7.52. The molecule has 3 heterocycles. The van der Waals surface area contributed by atoms with E-state index in [0.717, 1.165) is 6.54 Å². The van der Waals surface area contributed by atoms with Crippen LogP contribution in [0.3, 0.4) is 0 Å². The highest BCUT2D eigenvalue weighted by molar-refractivity contribution is 5.80. The van der Waals surface area contributed by atoms with Gasteiger partial charge in [0.05, 0.1) is 5.56 Å². The molecule has 2 aromatic carbocycles. The number of carbonyl (C=O) groups is 1. The van der Waals surface area contributed by atoms with E-state index in [4.69, 9.17) is 9.47 Å². The molecular weight excluding hydrogens is 560 g/mol. The van der Waals surface area contributed by atoms with Crippen molar-refractivity contribution in [1.82, 2.24) is 24.8 Å². The topological polar surface area (TPSA) is 137 Å². The molecule has 2 saturated heterocycles. The number of piperidine rings is 2. The van der Waals surface area contributed by atoms with Crippen LogP contribution >= 0.6 is 0 Å². The lowest BCUT2D eigenvalue weighted by molar-refractivity contribution is -0.142. The van der Waals surface area contributed by atoms with Crippen LogP contribution in [0.25, 0.3) is 11.4 Å². The number of benzene rings is 2. The monoisotopic (exact) mass is 593 g/mol. The summed E-state index contributed by atoms with van der Waals surface area (Å²) in [5.74, 6) is 1.01. The first-order chi connectivity index (χ1) is 20.8. The third-order valence-electron chi connectivity index (χ3n) is 7.49. The highest BCUT2D eigenvalue weighted by atomic mass is 19.1. The summed E-state index contributed by atoms with van der Waals surface area (Å²) in [4.78, 5) is 28.3. The first-order valence-electron chi connectivity index (χ1n) is 14.1. The Bertz CT molecular complexity index is 1450. The lowest BCUT2D eigenvalue weighted by Gasteiger charge is -2.33. The van der Waals surface area contributed by atoms with Gasteiger partial charge in [-0.2, -0.15) is 10.2 Å². The van der Waals surface area contributed by atoms with Crippen molar-refractivity contribution in [2.24, 2.45) is 0 Å². The molecule has 13 heteroatoms. The van der Waals surface area contributed by atoms with Gasteiger partial charge in [0.15, 0.2) is 11.9 Å². The predicted octanol–water partition coefficient (Wildman–Crippen LogP) is 3.28. The largest absolute Gasteiger partial charge is 0.489 e. The quantitative estimate of drug-likeness (QED) is 0.380. The van der Waals surface area contributed by atoms with Gasteiger partial charge in [-0.1, -0.05) is 0 Å². The molecule has 43 heavy (non-hydrogen) atoms. The average molecular weight is 594 g/mol. The van der Waals surface area contributed by atoms with Gasteiger partial charge in [0, 0.05) is 50.3 Å². The highest BCUT2D eigenvalue weighted by Crippen LogP contribution is 2.28. The number of halogens is 2. The summed E-state index contributed by atoms with van der Waals surface area (Å²) in [5, 5.41) is 22.4. The Labute approximate surface area is 248 Å². The van der Waals surface area contributed by atoms with E-state index in [-0.39, 0.29) is 6.10 Å². The molecule has 0 aliphatic carbocycles. The normalized spacial score (nSPS) is 20.2. The molecule has 0 unspecified atom stereocenters. The van der Waals surface area contributed by atoms with E-state index in [1.807, 2.05) is 11.9 Å². The maximum atomic E-state index is 14.3. The lowest BCUT2D eigenvalue weighted by atomic mass is 10.1. The Morgan fingerprint density at radius 3 is 2.60 bits per heavy atom. The van der Waals surface area contributed by atoms with Crippen LogP contribution < -0.4 is 14.8 Å². The number of aromatic nitrogens is 3. The number of aliphatic hydroxyl groups is 1. The summed E-state index contributed by atoms with van der Waals surface area (Å²) in [6.45, 7) is 0.684. The second-order valence-corrected chi connectivity index (χ2v) is 10.6. The van der Waals surface area contributed by atoms with E-state index in [0.29, 0.717) is 79.0 Å². The summed E-state index contributed by atoms with van der Waals surface area (Å²) in [6.07, 6.45) is -0.412. The Kier molecular flexibility index (Phi) is 9.58. The number of hydrogen-bond donors (Lipinski definition) is 2. The second kappa shape index (κ2) is 13.7. The number of ether oxygens (including phenoxy) is 2. The molecule has 1 aromatic heterocycles. The number of hydrogen-bond acceptors (Lipinski definition) is 10. The number of rotatable bonds is 9. The van der Waals surface area contributed by atoms with Gasteiger partial charge in [-0.15, -0.1) is 0 Å². The third-order valence-corrected chi connectivity index (χ3v) is 7.49. The standard InChI is InChI=1S/C30H33F2N7O4/c1-38-11-10-27(24(32)17-38)43-22-5-3-21(4-6-22)36-30-35-18-34-28(37-30)19-2-7-26(20(14-19)16-33)42-23-8-12-39(13-9-23)29(41)25(40)15-31/h2-7,14,18,23-25,27,40H,8-13,15,17H2,1H3,(H,34,35,36,37)/t24-,25-,27+/m1/s1. The fourth-order valence-corrected chi connectivity index (χ4v) is 5.09. The molecule has 2 N–H and O–H groups in total. The van der Waals surface area contributed by atoms with Gasteiger partial charge >= 0.3 is 0 Å². The maximum absolute atomic E-state index is 14.3. The molecule has 2 aliphatic heterocycles. The predicted molar refractivity (Wildman–Crippen MR) is 153 cm³/mol. The van der Waals surface area contributed by atoms with Crippen LogP contribution in [0.2, 0.25) is 0 Å². The lowest BCUT2D eigenvalue weighted by Crippen LogP contribution is -2.46. The molecule has 3 atom stereocenters. The van der Waals surface area contributed by atoms with E-state index < -0.39 is 31.0 Å².